The van der Waals surface area contributed by atoms with Crippen LogP contribution in [0.25, 0.3) is 6.08 Å². The molecule has 2 aromatic carbocycles. The minimum Gasteiger partial charge on any atom is -0.300 e. The normalized spacial score (nSPS) is 18.2. The maximum Gasteiger partial charge on any atom is 0.184 e. The summed E-state index contributed by atoms with van der Waals surface area (Å²) < 4.78 is 0. The summed E-state index contributed by atoms with van der Waals surface area (Å²) in [6, 6.07) is 17.2. The first-order valence-electron chi connectivity index (χ1n) is 12.0. The van der Waals surface area contributed by atoms with Gasteiger partial charge in [0, 0.05) is 39.5 Å². The molecule has 1 aliphatic carbocycles. The number of carbonyl (C=O) groups is 1. The smallest absolute Gasteiger partial charge is 0.184 e. The van der Waals surface area contributed by atoms with E-state index < -0.39 is 0 Å². The lowest BCUT2D eigenvalue weighted by Crippen LogP contribution is -2.41. The quantitative estimate of drug-likeness (QED) is 0.247. The Hall–Kier alpha value is -2.50. The first kappa shape index (κ1) is 25.2. The number of hydrogen-bond donors (Lipinski definition) is 0. The summed E-state index contributed by atoms with van der Waals surface area (Å²) in [4.78, 5) is 23.9. The summed E-state index contributed by atoms with van der Waals surface area (Å²) in [6.07, 6.45) is 8.79. The van der Waals surface area contributed by atoms with Gasteiger partial charge >= 0.3 is 0 Å². The molecule has 36 heavy (non-hydrogen) atoms. The number of piperidine rings is 1. The number of pyridine rings is 1. The molecule has 3 aromatic rings. The number of aliphatic imine (C=N–C) groups is 1. The van der Waals surface area contributed by atoms with Gasteiger partial charge in [0.25, 0.3) is 0 Å². The maximum atomic E-state index is 12.7. The van der Waals surface area contributed by atoms with Crippen LogP contribution in [0.15, 0.2) is 71.9 Å². The molecule has 0 unspecified atom stereocenters. The number of carbonyl (C=O) groups excluding carboxylic acids is 1. The van der Waals surface area contributed by atoms with Gasteiger partial charge < -0.3 is 0 Å². The fourth-order valence-electron chi connectivity index (χ4n) is 5.21. The minimum atomic E-state index is -0.0643. The lowest BCUT2D eigenvalue weighted by molar-refractivity contribution is 0.100. The Balaban J connectivity index is 1.27. The number of rotatable bonds is 6. The fraction of sp³-hybridized carbons (Fsp3) is 0.276. The Labute approximate surface area is 226 Å². The van der Waals surface area contributed by atoms with E-state index in [1.54, 1.807) is 18.3 Å². The second kappa shape index (κ2) is 10.9. The van der Waals surface area contributed by atoms with Crippen molar-refractivity contribution in [3.8, 4) is 0 Å². The van der Waals surface area contributed by atoms with Gasteiger partial charge in [-0.3, -0.25) is 14.7 Å². The highest BCUT2D eigenvalue weighted by atomic mass is 35.5. The van der Waals surface area contributed by atoms with Crippen molar-refractivity contribution in [3.05, 3.63) is 104 Å². The van der Waals surface area contributed by atoms with E-state index in [0.29, 0.717) is 10.7 Å². The van der Waals surface area contributed by atoms with Gasteiger partial charge in [-0.25, -0.2) is 4.98 Å². The van der Waals surface area contributed by atoms with Crippen LogP contribution in [-0.4, -0.2) is 47.6 Å². The van der Waals surface area contributed by atoms with Crippen LogP contribution in [-0.2, 0) is 5.41 Å². The predicted octanol–water partition coefficient (Wildman–Crippen LogP) is 7.16. The van der Waals surface area contributed by atoms with Crippen molar-refractivity contribution in [2.24, 2.45) is 4.99 Å². The van der Waals surface area contributed by atoms with Crippen LogP contribution in [0, 0.1) is 0 Å². The number of aromatic nitrogens is 1. The third kappa shape index (κ3) is 5.57. The van der Waals surface area contributed by atoms with E-state index in [0.717, 1.165) is 65.8 Å². The summed E-state index contributed by atoms with van der Waals surface area (Å²) >= 11 is 18.4. The second-order valence-electron chi connectivity index (χ2n) is 9.45. The lowest BCUT2D eigenvalue weighted by atomic mass is 9.74. The summed E-state index contributed by atoms with van der Waals surface area (Å²) in [5.74, 6) is -0.0643. The monoisotopic (exact) mass is 537 g/mol. The van der Waals surface area contributed by atoms with Crippen molar-refractivity contribution in [2.45, 2.75) is 24.7 Å². The molecule has 4 nitrogen and oxygen atoms in total. The van der Waals surface area contributed by atoms with Gasteiger partial charge in [0.05, 0.1) is 0 Å². The van der Waals surface area contributed by atoms with E-state index in [9.17, 15) is 4.79 Å². The fourth-order valence-corrected chi connectivity index (χ4v) is 5.69. The zero-order chi connectivity index (χ0) is 25.1. The van der Waals surface area contributed by atoms with Crippen molar-refractivity contribution in [1.82, 2.24) is 9.88 Å². The van der Waals surface area contributed by atoms with E-state index >= 15 is 0 Å². The highest BCUT2D eigenvalue weighted by Crippen LogP contribution is 2.47. The van der Waals surface area contributed by atoms with Crippen molar-refractivity contribution in [3.63, 3.8) is 0 Å². The van der Waals surface area contributed by atoms with Gasteiger partial charge in [-0.1, -0.05) is 65.2 Å². The Kier molecular flexibility index (Phi) is 7.59. The lowest BCUT2D eigenvalue weighted by Gasteiger charge is -2.39. The summed E-state index contributed by atoms with van der Waals surface area (Å²) in [7, 11) is 0. The minimum absolute atomic E-state index is 0.0124. The molecule has 0 N–H and O–H groups in total. The molecule has 0 bridgehead atoms. The van der Waals surface area contributed by atoms with Gasteiger partial charge in [0.15, 0.2) is 5.78 Å². The van der Waals surface area contributed by atoms with Crippen LogP contribution >= 0.6 is 34.8 Å². The first-order valence-corrected chi connectivity index (χ1v) is 13.2. The van der Waals surface area contributed by atoms with Crippen LogP contribution < -0.4 is 0 Å². The number of halogens is 3. The molecule has 0 saturated carbocycles. The van der Waals surface area contributed by atoms with Crippen LogP contribution in [0.2, 0.25) is 15.2 Å². The molecule has 2 heterocycles. The SMILES string of the molecule is O=C(CN=C1CC2(CCN(C/C=C/c3ccc(Cl)cc3)CC2)c2cc(Cl)ccc21)c1ccnc(Cl)c1. The van der Waals surface area contributed by atoms with Crippen molar-refractivity contribution < 1.29 is 4.79 Å². The number of fused-ring (bicyclic) bond motifs is 2. The summed E-state index contributed by atoms with van der Waals surface area (Å²) in [6.45, 7) is 3.00. The van der Waals surface area contributed by atoms with E-state index in [1.165, 1.54) is 5.56 Å². The van der Waals surface area contributed by atoms with Gasteiger partial charge in [-0.15, -0.1) is 0 Å². The third-order valence-electron chi connectivity index (χ3n) is 7.19. The number of nitrogens with zero attached hydrogens (tertiary/aromatic N) is 3. The number of Topliss-reactive ketones (excluding diaryl/α,β-unsaturated/α-hetero) is 1. The molecule has 184 valence electrons. The number of ketones is 1. The van der Waals surface area contributed by atoms with E-state index in [-0.39, 0.29) is 17.7 Å². The molecule has 1 spiro atoms. The van der Waals surface area contributed by atoms with Gasteiger partial charge in [-0.05, 0) is 85.4 Å². The van der Waals surface area contributed by atoms with Gasteiger partial charge in [0.1, 0.15) is 11.7 Å². The Morgan fingerprint density at radius 3 is 2.50 bits per heavy atom. The molecule has 2 aliphatic rings. The van der Waals surface area contributed by atoms with Gasteiger partial charge in [-0.2, -0.15) is 0 Å². The van der Waals surface area contributed by atoms with Crippen molar-refractivity contribution in [2.75, 3.05) is 26.2 Å². The van der Waals surface area contributed by atoms with Crippen LogP contribution in [0.5, 0.6) is 0 Å². The van der Waals surface area contributed by atoms with Crippen molar-refractivity contribution >= 4 is 52.4 Å². The summed E-state index contributed by atoms with van der Waals surface area (Å²) in [5.41, 5.74) is 5.07. The second-order valence-corrected chi connectivity index (χ2v) is 10.7. The Bertz CT molecular complexity index is 1330. The zero-order valence-electron chi connectivity index (χ0n) is 19.8. The summed E-state index contributed by atoms with van der Waals surface area (Å²) in [5, 5.41) is 1.80. The molecule has 1 saturated heterocycles. The maximum absolute atomic E-state index is 12.7. The average Bonchev–Trinajstić information content (AvgIpc) is 3.17. The van der Waals surface area contributed by atoms with E-state index in [2.05, 4.69) is 34.2 Å². The molecule has 0 amide bonds. The molecule has 0 atom stereocenters. The van der Waals surface area contributed by atoms with Crippen LogP contribution in [0.1, 0.15) is 46.3 Å². The highest BCUT2D eigenvalue weighted by molar-refractivity contribution is 6.31. The standard InChI is InChI=1S/C29H26Cl3N3O/c30-22-5-3-20(4-6-22)2-1-13-35-14-10-29(11-15-35)18-26(24-8-7-23(31)17-25(24)29)34-19-27(36)21-9-12-33-28(32)16-21/h1-9,12,16-17H,10-11,13-15,18-19H2/b2-1+,34-26?. The van der Waals surface area contributed by atoms with Crippen LogP contribution in [0.3, 0.4) is 0 Å². The molecular formula is C29H26Cl3N3O. The number of likely N-dealkylation sites (tertiary alicyclic amines) is 1. The van der Waals surface area contributed by atoms with Crippen LogP contribution in [0.4, 0.5) is 0 Å². The predicted molar refractivity (Wildman–Crippen MR) is 149 cm³/mol. The average molecular weight is 539 g/mol. The molecule has 1 aromatic heterocycles. The van der Waals surface area contributed by atoms with Gasteiger partial charge in [0.2, 0.25) is 0 Å². The topological polar surface area (TPSA) is 45.6 Å². The highest BCUT2D eigenvalue weighted by Gasteiger charge is 2.44. The molecular weight excluding hydrogens is 513 g/mol. The van der Waals surface area contributed by atoms with Crippen molar-refractivity contribution in [1.29, 1.82) is 0 Å². The Morgan fingerprint density at radius 2 is 1.75 bits per heavy atom. The molecule has 7 heteroatoms. The molecule has 5 rings (SSSR count). The first-order chi connectivity index (χ1) is 17.4. The largest absolute Gasteiger partial charge is 0.300 e. The molecule has 1 fully saturated rings. The Morgan fingerprint density at radius 1 is 1.00 bits per heavy atom. The van der Waals surface area contributed by atoms with E-state index in [4.69, 9.17) is 39.8 Å². The third-order valence-corrected chi connectivity index (χ3v) is 7.88. The zero-order valence-corrected chi connectivity index (χ0v) is 22.0. The molecule has 1 aliphatic heterocycles. The number of hydrogen-bond acceptors (Lipinski definition) is 4. The number of benzene rings is 2. The van der Waals surface area contributed by atoms with E-state index in [1.807, 2.05) is 30.3 Å². The molecule has 0 radical (unpaired) electrons.